The number of aromatic amines is 2. The summed E-state index contributed by atoms with van der Waals surface area (Å²) in [7, 11) is -13.3. The molecule has 8 rings (SSSR count). The summed E-state index contributed by atoms with van der Waals surface area (Å²) in [6, 6.07) is 7.08. The van der Waals surface area contributed by atoms with Crippen LogP contribution in [0.15, 0.2) is 52.6 Å². The molecule has 3 aliphatic heterocycles. The van der Waals surface area contributed by atoms with E-state index < -0.39 is 127 Å². The van der Waals surface area contributed by atoms with Gasteiger partial charge in [-0.25, -0.2) is 35.4 Å². The lowest BCUT2D eigenvalue weighted by molar-refractivity contribution is -0.121. The molecule has 1 aromatic carbocycles. The monoisotopic (exact) mass is 1130 g/mol. The number of H-pyrrole nitrogens is 2. The van der Waals surface area contributed by atoms with Crippen molar-refractivity contribution in [3.63, 3.8) is 0 Å². The SMILES string of the molecule is [C-]#[N+]CCOP1(=O)OC[C@H]2O[C@@H](n3cnc4c(=O)[nH]c(NC(=O)C(C)C)nc43)[C@H](NC(=O)OCc3ccccc3)[C@@H]2OP(=O)(O)OC[C@H]2O[C@@H](n3cnc4c(=O)[nH]c(CC(=O)C(C)C)nc43)[C@H](O[Si](C)(C)C(C)(C)C)[C@@H]2O1. The van der Waals surface area contributed by atoms with E-state index in [4.69, 9.17) is 47.8 Å². The van der Waals surface area contributed by atoms with Gasteiger partial charge in [0, 0.05) is 11.8 Å². The van der Waals surface area contributed by atoms with Gasteiger partial charge in [-0.1, -0.05) is 78.8 Å². The number of nitrogens with zero attached hydrogens (tertiary/aromatic N) is 7. The van der Waals surface area contributed by atoms with Gasteiger partial charge in [0.15, 0.2) is 43.1 Å². The van der Waals surface area contributed by atoms with E-state index in [-0.39, 0.29) is 65.4 Å². The van der Waals surface area contributed by atoms with Crippen molar-refractivity contribution in [2.45, 2.75) is 129 Å². The molecular weight excluding hydrogens is 1070 g/mol. The highest BCUT2D eigenvalue weighted by molar-refractivity contribution is 7.48. The van der Waals surface area contributed by atoms with E-state index in [1.54, 1.807) is 58.0 Å². The number of alkyl carbamates (subject to hydrolysis) is 1. The molecule has 5 aromatic rings. The van der Waals surface area contributed by atoms with Gasteiger partial charge >= 0.3 is 21.7 Å². The Kier molecular flexibility index (Phi) is 17.0. The second-order valence-electron chi connectivity index (χ2n) is 20.6. The van der Waals surface area contributed by atoms with E-state index in [9.17, 15) is 33.4 Å². The number of carbonyl (C=O) groups excluding carboxylic acids is 3. The summed E-state index contributed by atoms with van der Waals surface area (Å²) in [6.45, 7) is 21.1. The fourth-order valence-corrected chi connectivity index (χ4v) is 11.8. The zero-order valence-electron chi connectivity index (χ0n) is 43.6. The van der Waals surface area contributed by atoms with Crippen LogP contribution in [-0.4, -0.2) is 133 Å². The van der Waals surface area contributed by atoms with Crippen molar-refractivity contribution >= 4 is 70.0 Å². The Morgan fingerprint density at radius 3 is 2.17 bits per heavy atom. The van der Waals surface area contributed by atoms with E-state index in [1.165, 1.54) is 15.5 Å². The zero-order valence-corrected chi connectivity index (χ0v) is 46.4. The van der Waals surface area contributed by atoms with Crippen molar-refractivity contribution in [1.29, 1.82) is 0 Å². The number of Topliss-reactive ketones (excluding diaryl/α,β-unsaturated/α-hetero) is 1. The molecular formula is C46H61N11O17P2Si. The lowest BCUT2D eigenvalue weighted by atomic mass is 10.1. The maximum Gasteiger partial charge on any atom is 0.475 e. The van der Waals surface area contributed by atoms with E-state index in [0.29, 0.717) is 5.56 Å². The number of rotatable bonds is 15. The van der Waals surface area contributed by atoms with Gasteiger partial charge in [0.2, 0.25) is 18.4 Å². The summed E-state index contributed by atoms with van der Waals surface area (Å²) in [5.41, 5.74) is -1.40. The first-order valence-corrected chi connectivity index (χ1v) is 30.4. The number of benzene rings is 1. The van der Waals surface area contributed by atoms with Crippen molar-refractivity contribution in [1.82, 2.24) is 44.4 Å². The Morgan fingerprint density at radius 1 is 0.896 bits per heavy atom. The Bertz CT molecular complexity index is 3260. The molecule has 31 heteroatoms. The van der Waals surface area contributed by atoms with Gasteiger partial charge in [0.1, 0.15) is 61.4 Å². The molecule has 28 nitrogen and oxygen atoms in total. The van der Waals surface area contributed by atoms with E-state index >= 15 is 4.57 Å². The standard InChI is InChI=1S/C46H61N11O17P2Si/c1-24(2)27(58)18-30-50-37-32(40(60)51-30)49-23-57(37)43-36(74-77(9,10)46(5,6)7)35-29(71-43)20-68-75(63,64)72-34-28(21-69-76(65,73-35)67-17-16-47-8)70-42(31(34)52-45(62)66-19-26-14-12-11-13-15-26)56-22-48-33-38(56)53-44(55-41(33)61)54-39(59)25(3)4/h11-15,22-25,28-29,31,34-36,42-43H,16-21H2,1-7,9-10H3,(H,52,62)(H,63,64)(H,50,51,60)(H2,53,54,55,59,61)/t28-,29-,31-,34-,35-,36-,42-,43-,76?/m1/s1. The highest BCUT2D eigenvalue weighted by atomic mass is 31.2. The van der Waals surface area contributed by atoms with Gasteiger partial charge in [0.25, 0.3) is 11.1 Å². The van der Waals surface area contributed by atoms with Crippen LogP contribution >= 0.6 is 15.6 Å². The summed E-state index contributed by atoms with van der Waals surface area (Å²) >= 11 is 0. The molecule has 416 valence electrons. The first kappa shape index (κ1) is 57.3. The van der Waals surface area contributed by atoms with E-state index in [0.717, 1.165) is 6.33 Å². The minimum atomic E-state index is -5.37. The summed E-state index contributed by atoms with van der Waals surface area (Å²) in [6.07, 6.45) is -9.59. The number of phosphoric acid groups is 2. The molecule has 0 aliphatic carbocycles. The number of carbonyl (C=O) groups is 3. The average Bonchev–Trinajstić information content (AvgIpc) is 4.17. The Labute approximate surface area is 441 Å². The van der Waals surface area contributed by atoms with Gasteiger partial charge < -0.3 is 38.7 Å². The molecule has 3 fully saturated rings. The minimum absolute atomic E-state index is 0.0290. The number of ether oxygens (including phenoxy) is 3. The molecule has 2 amide bonds. The van der Waals surface area contributed by atoms with Crippen LogP contribution in [0.1, 0.15) is 72.3 Å². The lowest BCUT2D eigenvalue weighted by Crippen LogP contribution is -2.49. The molecule has 4 aromatic heterocycles. The molecule has 10 atom stereocenters. The highest BCUT2D eigenvalue weighted by Gasteiger charge is 2.57. The molecule has 3 saturated heterocycles. The van der Waals surface area contributed by atoms with Crippen molar-refractivity contribution in [3.8, 4) is 0 Å². The van der Waals surface area contributed by atoms with Crippen molar-refractivity contribution in [2.24, 2.45) is 11.8 Å². The van der Waals surface area contributed by atoms with Crippen LogP contribution in [0.5, 0.6) is 0 Å². The quantitative estimate of drug-likeness (QED) is 0.0396. The smallest absolute Gasteiger partial charge is 0.445 e. The first-order valence-electron chi connectivity index (χ1n) is 24.6. The van der Waals surface area contributed by atoms with Crippen LogP contribution in [0.2, 0.25) is 18.1 Å². The number of amides is 2. The molecule has 0 saturated carbocycles. The zero-order chi connectivity index (χ0) is 55.8. The van der Waals surface area contributed by atoms with Crippen LogP contribution in [0.4, 0.5) is 10.7 Å². The topological polar surface area (TPSA) is 344 Å². The number of anilines is 1. The highest BCUT2D eigenvalue weighted by Crippen LogP contribution is 2.57. The molecule has 0 spiro atoms. The summed E-state index contributed by atoms with van der Waals surface area (Å²) in [5.74, 6) is -1.81. The molecule has 0 bridgehead atoms. The first-order chi connectivity index (χ1) is 36.3. The second-order valence-corrected chi connectivity index (χ2v) is 28.4. The van der Waals surface area contributed by atoms with Gasteiger partial charge in [-0.2, -0.15) is 4.98 Å². The largest absolute Gasteiger partial charge is 0.475 e. The summed E-state index contributed by atoms with van der Waals surface area (Å²) < 4.78 is 87.9. The van der Waals surface area contributed by atoms with E-state index in [2.05, 4.69) is 45.4 Å². The summed E-state index contributed by atoms with van der Waals surface area (Å²) in [4.78, 5) is 104. The van der Waals surface area contributed by atoms with Crippen molar-refractivity contribution in [3.05, 3.63) is 86.5 Å². The molecule has 5 N–H and O–H groups in total. The predicted octanol–water partition coefficient (Wildman–Crippen LogP) is 5.06. The minimum Gasteiger partial charge on any atom is -0.445 e. The number of phosphoric ester groups is 2. The number of hydrogen-bond acceptors (Lipinski definition) is 20. The van der Waals surface area contributed by atoms with Crippen molar-refractivity contribution in [2.75, 3.05) is 31.7 Å². The Balaban J connectivity index is 1.20. The van der Waals surface area contributed by atoms with Crippen LogP contribution in [-0.2, 0) is 73.0 Å². The summed E-state index contributed by atoms with van der Waals surface area (Å²) in [5, 5.41) is 4.66. The van der Waals surface area contributed by atoms with Gasteiger partial charge in [-0.05, 0) is 23.7 Å². The molecule has 7 heterocycles. The normalized spacial score (nSPS) is 27.2. The van der Waals surface area contributed by atoms with Crippen LogP contribution in [0.25, 0.3) is 27.2 Å². The Hall–Kier alpha value is -5.86. The maximum absolute atomic E-state index is 15.3. The molecule has 2 unspecified atom stereocenters. The number of imidazole rings is 2. The Morgan fingerprint density at radius 2 is 1.52 bits per heavy atom. The van der Waals surface area contributed by atoms with Crippen molar-refractivity contribution < 1.29 is 69.7 Å². The third-order valence-corrected chi connectivity index (χ3v) is 20.3. The molecule has 77 heavy (non-hydrogen) atoms. The fraction of sp³-hybridized carbons (Fsp3) is 0.565. The number of aromatic nitrogens is 8. The molecule has 3 aliphatic rings. The van der Waals surface area contributed by atoms with Crippen LogP contribution < -0.4 is 21.8 Å². The third-order valence-electron chi connectivity index (χ3n) is 13.3. The van der Waals surface area contributed by atoms with Crippen LogP contribution in [0.3, 0.4) is 0 Å². The van der Waals surface area contributed by atoms with E-state index in [1.807, 2.05) is 33.9 Å². The number of ketones is 1. The van der Waals surface area contributed by atoms with Gasteiger partial charge in [-0.15, -0.1) is 0 Å². The number of hydrogen-bond donors (Lipinski definition) is 5. The maximum atomic E-state index is 15.3. The predicted molar refractivity (Wildman–Crippen MR) is 273 cm³/mol. The van der Waals surface area contributed by atoms with Gasteiger partial charge in [0.05, 0.1) is 32.3 Å². The fourth-order valence-electron chi connectivity index (χ4n) is 8.14. The number of nitrogens with one attached hydrogen (secondary N) is 4. The second kappa shape index (κ2) is 22.8. The third kappa shape index (κ3) is 12.9. The van der Waals surface area contributed by atoms with Crippen LogP contribution in [0, 0.1) is 18.4 Å². The lowest BCUT2D eigenvalue weighted by Gasteiger charge is -2.41. The molecule has 0 radical (unpaired) electrons. The van der Waals surface area contributed by atoms with Gasteiger partial charge in [-0.3, -0.25) is 61.2 Å². The number of fused-ring (bicyclic) bond motifs is 4. The average molecular weight is 1130 g/mol.